The zero-order chi connectivity index (χ0) is 19.3. The van der Waals surface area contributed by atoms with E-state index in [1.165, 1.54) is 6.08 Å². The molecule has 0 saturated heterocycles. The predicted molar refractivity (Wildman–Crippen MR) is 98.6 cm³/mol. The quantitative estimate of drug-likeness (QED) is 0.455. The van der Waals surface area contributed by atoms with Gasteiger partial charge in [-0.1, -0.05) is 19.6 Å². The second kappa shape index (κ2) is 8.77. The van der Waals surface area contributed by atoms with E-state index in [9.17, 15) is 9.90 Å². The second-order valence-corrected chi connectivity index (χ2v) is 6.35. The summed E-state index contributed by atoms with van der Waals surface area (Å²) in [6.07, 6.45) is 3.86. The summed E-state index contributed by atoms with van der Waals surface area (Å²) >= 11 is 0. The van der Waals surface area contributed by atoms with Crippen LogP contribution < -0.4 is 5.73 Å². The van der Waals surface area contributed by atoms with Crippen LogP contribution in [0.1, 0.15) is 35.8 Å². The monoisotopic (exact) mass is 362 g/mol. The number of rotatable bonds is 9. The van der Waals surface area contributed by atoms with Crippen molar-refractivity contribution in [1.82, 2.24) is 14.8 Å². The number of carbonyl (C=O) groups excluding carboxylic acids is 1. The molecule has 4 N–H and O–H groups in total. The Hall–Kier alpha value is -2.45. The van der Waals surface area contributed by atoms with Gasteiger partial charge in [0.25, 0.3) is 0 Å². The number of nitrogens with zero attached hydrogens (tertiary/aromatic N) is 3. The van der Waals surface area contributed by atoms with Gasteiger partial charge in [-0.25, -0.2) is 14.5 Å². The third-order valence-corrected chi connectivity index (χ3v) is 4.42. The molecule has 2 unspecified atom stereocenters. The van der Waals surface area contributed by atoms with Crippen molar-refractivity contribution in [3.8, 4) is 0 Å². The predicted octanol–water partition coefficient (Wildman–Crippen LogP) is 1.43. The highest BCUT2D eigenvalue weighted by atomic mass is 16.5. The molecule has 2 aromatic rings. The number of aliphatic hydroxyl groups is 2. The van der Waals surface area contributed by atoms with Crippen molar-refractivity contribution < 1.29 is 19.7 Å². The number of aliphatic hydroxyl groups excluding tert-OH is 2. The molecule has 142 valence electrons. The van der Waals surface area contributed by atoms with Crippen LogP contribution in [0.4, 0.5) is 5.69 Å². The highest BCUT2D eigenvalue weighted by Crippen LogP contribution is 2.26. The molecule has 26 heavy (non-hydrogen) atoms. The van der Waals surface area contributed by atoms with Gasteiger partial charge in [-0.2, -0.15) is 5.10 Å². The van der Waals surface area contributed by atoms with E-state index >= 15 is 0 Å². The third kappa shape index (κ3) is 4.20. The van der Waals surface area contributed by atoms with Crippen molar-refractivity contribution in [2.75, 3.05) is 18.9 Å². The smallest absolute Gasteiger partial charge is 0.342 e. The van der Waals surface area contributed by atoms with Crippen molar-refractivity contribution in [3.63, 3.8) is 0 Å². The minimum absolute atomic E-state index is 0.00664. The van der Waals surface area contributed by atoms with Crippen molar-refractivity contribution in [1.29, 1.82) is 0 Å². The van der Waals surface area contributed by atoms with Gasteiger partial charge < -0.3 is 20.7 Å². The molecule has 8 heteroatoms. The molecular formula is C18H26N4O4. The number of aryl methyl sites for hydroxylation is 2. The molecule has 0 fully saturated rings. The highest BCUT2D eigenvalue weighted by molar-refractivity contribution is 6.04. The van der Waals surface area contributed by atoms with E-state index in [1.807, 2.05) is 6.92 Å². The molecule has 2 atom stereocenters. The molecule has 0 aliphatic rings. The molecule has 0 aliphatic carbocycles. The van der Waals surface area contributed by atoms with Crippen LogP contribution in [-0.2, 0) is 11.3 Å². The van der Waals surface area contributed by atoms with Gasteiger partial charge in [-0.05, 0) is 25.7 Å². The zero-order valence-corrected chi connectivity index (χ0v) is 15.2. The third-order valence-electron chi connectivity index (χ3n) is 4.42. The molecule has 2 rings (SSSR count). The summed E-state index contributed by atoms with van der Waals surface area (Å²) in [6, 6.07) is 0. The Labute approximate surface area is 152 Å². The van der Waals surface area contributed by atoms with Gasteiger partial charge in [0, 0.05) is 6.54 Å². The van der Waals surface area contributed by atoms with Gasteiger partial charge in [-0.15, -0.1) is 0 Å². The summed E-state index contributed by atoms with van der Waals surface area (Å²) < 4.78 is 6.80. The number of fused-ring (bicyclic) bond motifs is 1. The first-order valence-electron chi connectivity index (χ1n) is 8.59. The standard InChI is InChI=1S/C18H26N4O4/c1-4-8-26-18(25)15-12(3)21-17-13(16(15)19)9-20-22(17)7-5-6-11(2)14(24)10-23/h4,9,11,14,23-24H,1,5-8,10H2,2-3H3,(H2,19,21). The molecular weight excluding hydrogens is 336 g/mol. The van der Waals surface area contributed by atoms with Crippen LogP contribution in [0.3, 0.4) is 0 Å². The average molecular weight is 362 g/mol. The lowest BCUT2D eigenvalue weighted by Gasteiger charge is -2.16. The molecule has 2 aromatic heterocycles. The number of pyridine rings is 1. The molecule has 0 saturated carbocycles. The molecule has 0 aromatic carbocycles. The maximum Gasteiger partial charge on any atom is 0.342 e. The molecule has 8 nitrogen and oxygen atoms in total. The molecule has 0 aliphatic heterocycles. The molecule has 2 heterocycles. The lowest BCUT2D eigenvalue weighted by Crippen LogP contribution is -2.22. The van der Waals surface area contributed by atoms with E-state index in [0.717, 1.165) is 12.8 Å². The summed E-state index contributed by atoms with van der Waals surface area (Å²) in [5.41, 5.74) is 7.80. The first-order chi connectivity index (χ1) is 12.4. The Morgan fingerprint density at radius 1 is 1.54 bits per heavy atom. The molecule has 0 amide bonds. The maximum atomic E-state index is 12.2. The summed E-state index contributed by atoms with van der Waals surface area (Å²) in [4.78, 5) is 16.7. The van der Waals surface area contributed by atoms with Crippen LogP contribution in [0.15, 0.2) is 18.9 Å². The van der Waals surface area contributed by atoms with Crippen LogP contribution >= 0.6 is 0 Å². The number of carbonyl (C=O) groups is 1. The van der Waals surface area contributed by atoms with E-state index < -0.39 is 12.1 Å². The summed E-state index contributed by atoms with van der Waals surface area (Å²) in [5, 5.41) is 23.5. The summed E-state index contributed by atoms with van der Waals surface area (Å²) in [6.45, 7) is 7.57. The fraction of sp³-hybridized carbons (Fsp3) is 0.500. The highest BCUT2D eigenvalue weighted by Gasteiger charge is 2.21. The fourth-order valence-corrected chi connectivity index (χ4v) is 2.79. The lowest BCUT2D eigenvalue weighted by atomic mass is 10.00. The average Bonchev–Trinajstić information content (AvgIpc) is 3.02. The number of aromatic nitrogens is 3. The number of nitrogens with two attached hydrogens (primary N) is 1. The maximum absolute atomic E-state index is 12.2. The van der Waals surface area contributed by atoms with Crippen LogP contribution in [0, 0.1) is 12.8 Å². The first-order valence-corrected chi connectivity index (χ1v) is 8.59. The van der Waals surface area contributed by atoms with E-state index in [4.69, 9.17) is 15.6 Å². The Bertz CT molecular complexity index is 787. The van der Waals surface area contributed by atoms with Gasteiger partial charge in [0.2, 0.25) is 0 Å². The van der Waals surface area contributed by atoms with E-state index in [-0.39, 0.29) is 24.7 Å². The lowest BCUT2D eigenvalue weighted by molar-refractivity contribution is 0.0492. The van der Waals surface area contributed by atoms with Gasteiger partial charge in [0.15, 0.2) is 5.65 Å². The van der Waals surface area contributed by atoms with Crippen molar-refractivity contribution in [3.05, 3.63) is 30.1 Å². The Morgan fingerprint density at radius 2 is 2.27 bits per heavy atom. The van der Waals surface area contributed by atoms with Crippen molar-refractivity contribution in [2.24, 2.45) is 5.92 Å². The Kier molecular flexibility index (Phi) is 6.70. The second-order valence-electron chi connectivity index (χ2n) is 6.35. The number of esters is 1. The first kappa shape index (κ1) is 19.9. The minimum atomic E-state index is -0.718. The SMILES string of the molecule is C=CCOC(=O)c1c(C)nc2c(cnn2CCCC(C)C(O)CO)c1N. The molecule has 0 bridgehead atoms. The number of nitrogen functional groups attached to an aromatic ring is 1. The van der Waals surface area contributed by atoms with Crippen LogP contribution in [0.2, 0.25) is 0 Å². The zero-order valence-electron chi connectivity index (χ0n) is 15.2. The minimum Gasteiger partial charge on any atom is -0.458 e. The van der Waals surface area contributed by atoms with Crippen molar-refractivity contribution >= 4 is 22.7 Å². The van der Waals surface area contributed by atoms with Gasteiger partial charge in [-0.3, -0.25) is 0 Å². The van der Waals surface area contributed by atoms with Crippen molar-refractivity contribution in [2.45, 2.75) is 39.3 Å². The fourth-order valence-electron chi connectivity index (χ4n) is 2.79. The molecule has 0 spiro atoms. The Morgan fingerprint density at radius 3 is 2.92 bits per heavy atom. The van der Waals surface area contributed by atoms with Gasteiger partial charge in [0.1, 0.15) is 12.2 Å². The van der Waals surface area contributed by atoms with E-state index in [1.54, 1.807) is 17.8 Å². The van der Waals surface area contributed by atoms with Crippen LogP contribution in [0.5, 0.6) is 0 Å². The number of anilines is 1. The van der Waals surface area contributed by atoms with Crippen LogP contribution in [0.25, 0.3) is 11.0 Å². The topological polar surface area (TPSA) is 123 Å². The van der Waals surface area contributed by atoms with Gasteiger partial charge >= 0.3 is 5.97 Å². The van der Waals surface area contributed by atoms with Gasteiger partial charge in [0.05, 0.1) is 35.7 Å². The summed E-state index contributed by atoms with van der Waals surface area (Å²) in [5.74, 6) is -0.540. The number of hydrogen-bond donors (Lipinski definition) is 3. The van der Waals surface area contributed by atoms with E-state index in [2.05, 4.69) is 16.7 Å². The van der Waals surface area contributed by atoms with Crippen LogP contribution in [-0.4, -0.2) is 50.3 Å². The number of hydrogen-bond acceptors (Lipinski definition) is 7. The normalized spacial score (nSPS) is 13.5. The largest absolute Gasteiger partial charge is 0.458 e. The molecule has 0 radical (unpaired) electrons. The Balaban J connectivity index is 2.19. The number of ether oxygens (including phenoxy) is 1. The summed E-state index contributed by atoms with van der Waals surface area (Å²) in [7, 11) is 0. The van der Waals surface area contributed by atoms with E-state index in [0.29, 0.717) is 29.0 Å².